The molecule has 0 aromatic heterocycles. The predicted octanol–water partition coefficient (Wildman–Crippen LogP) is 4.14. The van der Waals surface area contributed by atoms with E-state index < -0.39 is 0 Å². The monoisotopic (exact) mass is 312 g/mol. The molecule has 0 saturated heterocycles. The molecular weight excluding hydrogens is 288 g/mol. The van der Waals surface area contributed by atoms with Gasteiger partial charge in [-0.15, -0.1) is 0 Å². The summed E-state index contributed by atoms with van der Waals surface area (Å²) in [7, 11) is 0. The second-order valence-electron chi connectivity index (χ2n) is 5.91. The number of anilines is 2. The maximum Gasteiger partial charge on any atom is 0.243 e. The van der Waals surface area contributed by atoms with Crippen LogP contribution in [0.25, 0.3) is 0 Å². The SMILES string of the molecule is Cc1ccc(C)c(NC(=O)CNc2ccc(OC(C)C)cc2)c1. The van der Waals surface area contributed by atoms with Crippen molar-refractivity contribution >= 4 is 17.3 Å². The maximum absolute atomic E-state index is 12.1. The minimum atomic E-state index is -0.0683. The first-order valence-corrected chi connectivity index (χ1v) is 7.82. The molecule has 0 radical (unpaired) electrons. The van der Waals surface area contributed by atoms with E-state index in [1.165, 1.54) is 0 Å². The Balaban J connectivity index is 1.88. The Kier molecular flexibility index (Phi) is 5.63. The van der Waals surface area contributed by atoms with Gasteiger partial charge in [-0.3, -0.25) is 4.79 Å². The molecule has 4 nitrogen and oxygen atoms in total. The highest BCUT2D eigenvalue weighted by Gasteiger charge is 2.05. The molecule has 122 valence electrons. The van der Waals surface area contributed by atoms with E-state index in [1.807, 2.05) is 70.2 Å². The van der Waals surface area contributed by atoms with E-state index in [1.54, 1.807) is 0 Å². The highest BCUT2D eigenvalue weighted by atomic mass is 16.5. The van der Waals surface area contributed by atoms with Crippen molar-refractivity contribution in [1.29, 1.82) is 0 Å². The summed E-state index contributed by atoms with van der Waals surface area (Å²) in [5.41, 5.74) is 3.92. The summed E-state index contributed by atoms with van der Waals surface area (Å²) in [6, 6.07) is 13.6. The average molecular weight is 312 g/mol. The topological polar surface area (TPSA) is 50.4 Å². The largest absolute Gasteiger partial charge is 0.491 e. The number of nitrogens with one attached hydrogen (secondary N) is 2. The molecule has 0 aliphatic rings. The summed E-state index contributed by atoms with van der Waals surface area (Å²) in [4.78, 5) is 12.1. The van der Waals surface area contributed by atoms with Crippen LogP contribution in [-0.2, 0) is 4.79 Å². The van der Waals surface area contributed by atoms with Crippen molar-refractivity contribution in [3.63, 3.8) is 0 Å². The normalized spacial score (nSPS) is 10.5. The molecule has 23 heavy (non-hydrogen) atoms. The number of carbonyl (C=O) groups is 1. The first-order chi connectivity index (χ1) is 10.9. The van der Waals surface area contributed by atoms with Gasteiger partial charge in [-0.2, -0.15) is 0 Å². The molecular formula is C19H24N2O2. The van der Waals surface area contributed by atoms with Crippen molar-refractivity contribution in [2.24, 2.45) is 0 Å². The molecule has 0 atom stereocenters. The van der Waals surface area contributed by atoms with Crippen LogP contribution in [-0.4, -0.2) is 18.6 Å². The summed E-state index contributed by atoms with van der Waals surface area (Å²) >= 11 is 0. The summed E-state index contributed by atoms with van der Waals surface area (Å²) in [6.45, 7) is 8.19. The first kappa shape index (κ1) is 16.9. The quantitative estimate of drug-likeness (QED) is 0.843. The molecule has 0 heterocycles. The fourth-order valence-electron chi connectivity index (χ4n) is 2.17. The third-order valence-corrected chi connectivity index (χ3v) is 3.35. The van der Waals surface area contributed by atoms with Gasteiger partial charge in [0.15, 0.2) is 0 Å². The van der Waals surface area contributed by atoms with Gasteiger partial charge in [0.05, 0.1) is 12.6 Å². The molecule has 0 fully saturated rings. The lowest BCUT2D eigenvalue weighted by Crippen LogP contribution is -2.22. The van der Waals surface area contributed by atoms with Gasteiger partial charge < -0.3 is 15.4 Å². The van der Waals surface area contributed by atoms with Crippen molar-refractivity contribution in [2.75, 3.05) is 17.2 Å². The standard InChI is InChI=1S/C19H24N2O2/c1-13(2)23-17-9-7-16(8-10-17)20-12-19(22)21-18-11-14(3)5-6-15(18)4/h5-11,13,20H,12H2,1-4H3,(H,21,22). The fraction of sp³-hybridized carbons (Fsp3) is 0.316. The van der Waals surface area contributed by atoms with Crippen LogP contribution in [0.4, 0.5) is 11.4 Å². The van der Waals surface area contributed by atoms with Crippen LogP contribution in [0.3, 0.4) is 0 Å². The van der Waals surface area contributed by atoms with Gasteiger partial charge in [0.25, 0.3) is 0 Å². The van der Waals surface area contributed by atoms with Gasteiger partial charge in [-0.05, 0) is 69.2 Å². The Morgan fingerprint density at radius 1 is 1.09 bits per heavy atom. The molecule has 0 aliphatic heterocycles. The number of amides is 1. The number of ether oxygens (including phenoxy) is 1. The highest BCUT2D eigenvalue weighted by molar-refractivity contribution is 5.94. The van der Waals surface area contributed by atoms with E-state index >= 15 is 0 Å². The number of hydrogen-bond acceptors (Lipinski definition) is 3. The Labute approximate surface area is 137 Å². The Bertz CT molecular complexity index is 664. The Morgan fingerprint density at radius 2 is 1.78 bits per heavy atom. The molecule has 2 N–H and O–H groups in total. The van der Waals surface area contributed by atoms with Crippen LogP contribution in [0.2, 0.25) is 0 Å². The third kappa shape index (κ3) is 5.33. The Hall–Kier alpha value is -2.49. The number of rotatable bonds is 6. The zero-order chi connectivity index (χ0) is 16.8. The van der Waals surface area contributed by atoms with Crippen LogP contribution in [0, 0.1) is 13.8 Å². The predicted molar refractivity (Wildman–Crippen MR) is 95.2 cm³/mol. The van der Waals surface area contributed by atoms with E-state index in [0.29, 0.717) is 0 Å². The number of carbonyl (C=O) groups excluding carboxylic acids is 1. The molecule has 2 rings (SSSR count). The van der Waals surface area contributed by atoms with Crippen molar-refractivity contribution in [3.8, 4) is 5.75 Å². The van der Waals surface area contributed by atoms with Gasteiger partial charge in [-0.25, -0.2) is 0 Å². The number of benzene rings is 2. The van der Waals surface area contributed by atoms with E-state index in [4.69, 9.17) is 4.74 Å². The fourth-order valence-corrected chi connectivity index (χ4v) is 2.17. The van der Waals surface area contributed by atoms with E-state index in [9.17, 15) is 4.79 Å². The van der Waals surface area contributed by atoms with E-state index in [-0.39, 0.29) is 18.6 Å². The Morgan fingerprint density at radius 3 is 2.43 bits per heavy atom. The van der Waals surface area contributed by atoms with Crippen LogP contribution in [0.15, 0.2) is 42.5 Å². The van der Waals surface area contributed by atoms with Gasteiger partial charge in [0.2, 0.25) is 5.91 Å². The minimum absolute atomic E-state index is 0.0683. The molecule has 0 aliphatic carbocycles. The molecule has 0 bridgehead atoms. The van der Waals surface area contributed by atoms with Gasteiger partial charge in [-0.1, -0.05) is 12.1 Å². The molecule has 2 aromatic rings. The van der Waals surface area contributed by atoms with Crippen LogP contribution < -0.4 is 15.4 Å². The van der Waals surface area contributed by atoms with Crippen molar-refractivity contribution in [2.45, 2.75) is 33.8 Å². The summed E-state index contributed by atoms with van der Waals surface area (Å²) in [5.74, 6) is 0.756. The summed E-state index contributed by atoms with van der Waals surface area (Å²) in [6.07, 6.45) is 0.150. The molecule has 0 spiro atoms. The van der Waals surface area contributed by atoms with Gasteiger partial charge >= 0.3 is 0 Å². The molecule has 4 heteroatoms. The van der Waals surface area contributed by atoms with E-state index in [2.05, 4.69) is 10.6 Å². The molecule has 1 amide bonds. The van der Waals surface area contributed by atoms with Crippen molar-refractivity contribution in [1.82, 2.24) is 0 Å². The maximum atomic E-state index is 12.1. The van der Waals surface area contributed by atoms with Crippen molar-refractivity contribution < 1.29 is 9.53 Å². The van der Waals surface area contributed by atoms with Gasteiger partial charge in [0.1, 0.15) is 5.75 Å². The first-order valence-electron chi connectivity index (χ1n) is 7.82. The van der Waals surface area contributed by atoms with Crippen molar-refractivity contribution in [3.05, 3.63) is 53.6 Å². The molecule has 0 unspecified atom stereocenters. The number of hydrogen-bond donors (Lipinski definition) is 2. The lowest BCUT2D eigenvalue weighted by Gasteiger charge is -2.12. The smallest absolute Gasteiger partial charge is 0.243 e. The summed E-state index contributed by atoms with van der Waals surface area (Å²) < 4.78 is 5.59. The zero-order valence-corrected chi connectivity index (χ0v) is 14.1. The highest BCUT2D eigenvalue weighted by Crippen LogP contribution is 2.18. The summed E-state index contributed by atoms with van der Waals surface area (Å²) in [5, 5.41) is 6.04. The zero-order valence-electron chi connectivity index (χ0n) is 14.1. The van der Waals surface area contributed by atoms with Crippen LogP contribution in [0.5, 0.6) is 5.75 Å². The average Bonchev–Trinajstić information content (AvgIpc) is 2.50. The number of aryl methyl sites for hydroxylation is 2. The lowest BCUT2D eigenvalue weighted by molar-refractivity contribution is -0.114. The van der Waals surface area contributed by atoms with Crippen LogP contribution in [0.1, 0.15) is 25.0 Å². The molecule has 0 saturated carbocycles. The van der Waals surface area contributed by atoms with Crippen LogP contribution >= 0.6 is 0 Å². The third-order valence-electron chi connectivity index (χ3n) is 3.35. The second kappa shape index (κ2) is 7.68. The lowest BCUT2D eigenvalue weighted by atomic mass is 10.1. The van der Waals surface area contributed by atoms with E-state index in [0.717, 1.165) is 28.3 Å². The second-order valence-corrected chi connectivity index (χ2v) is 5.91. The minimum Gasteiger partial charge on any atom is -0.491 e. The molecule has 2 aromatic carbocycles. The van der Waals surface area contributed by atoms with Gasteiger partial charge in [0, 0.05) is 11.4 Å².